The smallest absolute Gasteiger partial charge is 0.444 e. The van der Waals surface area contributed by atoms with E-state index in [1.807, 2.05) is 0 Å². The summed E-state index contributed by atoms with van der Waals surface area (Å²) in [6, 6.07) is 0. The van der Waals surface area contributed by atoms with Crippen molar-refractivity contribution in [1.82, 2.24) is 10.0 Å². The molecule has 0 aromatic carbocycles. The maximum absolute atomic E-state index is 11.3. The Kier molecular flexibility index (Phi) is 2.93. The summed E-state index contributed by atoms with van der Waals surface area (Å²) in [6.07, 6.45) is -1.02. The van der Waals surface area contributed by atoms with Gasteiger partial charge in [0.05, 0.1) is 4.55 Å². The number of rotatable bonds is 2. The zero-order valence-corrected chi connectivity index (χ0v) is 9.28. The van der Waals surface area contributed by atoms with Crippen molar-refractivity contribution in [3.05, 3.63) is 0 Å². The number of hydrazine groups is 2. The van der Waals surface area contributed by atoms with Crippen LogP contribution in [-0.4, -0.2) is 53.1 Å². The highest BCUT2D eigenvalue weighted by molar-refractivity contribution is 7.57. The molecule has 82 valence electrons. The zero-order chi connectivity index (χ0) is 10.8. The molecule has 2 fully saturated rings. The second-order valence-corrected chi connectivity index (χ2v) is 3.78. The summed E-state index contributed by atoms with van der Waals surface area (Å²) < 4.78 is 10.8. The molecule has 9 heteroatoms. The first kappa shape index (κ1) is 10.4. The number of hydrogen-bond acceptors (Lipinski definition) is 4. The summed E-state index contributed by atoms with van der Waals surface area (Å²) in [4.78, 5) is 22.5. The minimum atomic E-state index is -0.511. The van der Waals surface area contributed by atoms with Gasteiger partial charge < -0.3 is 9.47 Å². The summed E-state index contributed by atoms with van der Waals surface area (Å²) in [5.74, 6) is 0. The SMILES string of the molecule is O=C1OCCN1[N+](=PCl)N1CCOC1=O. The lowest BCUT2D eigenvalue weighted by Crippen LogP contribution is -2.45. The van der Waals surface area contributed by atoms with E-state index in [9.17, 15) is 9.59 Å². The van der Waals surface area contributed by atoms with Gasteiger partial charge in [-0.05, 0) is 10.0 Å². The number of halogens is 1. The van der Waals surface area contributed by atoms with Crippen LogP contribution in [0.25, 0.3) is 0 Å². The molecule has 15 heavy (non-hydrogen) atoms. The third-order valence-corrected chi connectivity index (χ3v) is 2.95. The molecule has 2 aliphatic rings. The second kappa shape index (κ2) is 4.20. The lowest BCUT2D eigenvalue weighted by molar-refractivity contribution is -0.760. The van der Waals surface area contributed by atoms with E-state index in [2.05, 4.69) is 0 Å². The van der Waals surface area contributed by atoms with Crippen molar-refractivity contribution < 1.29 is 23.6 Å². The highest BCUT2D eigenvalue weighted by Gasteiger charge is 2.42. The molecule has 2 aliphatic heterocycles. The van der Waals surface area contributed by atoms with Gasteiger partial charge in [-0.3, -0.25) is 0 Å². The number of nitrogens with zero attached hydrogens (tertiary/aromatic N) is 3. The number of amides is 2. The van der Waals surface area contributed by atoms with Gasteiger partial charge in [0.1, 0.15) is 26.3 Å². The molecule has 0 bridgehead atoms. The van der Waals surface area contributed by atoms with Crippen LogP contribution in [0.5, 0.6) is 0 Å². The molecule has 2 amide bonds. The first-order valence-corrected chi connectivity index (χ1v) is 5.99. The molecule has 7 nitrogen and oxygen atoms in total. The maximum atomic E-state index is 11.3. The third kappa shape index (κ3) is 1.85. The Hall–Kier alpha value is -1.07. The molecule has 0 saturated carbocycles. The van der Waals surface area contributed by atoms with Crippen LogP contribution in [0, 0.1) is 0 Å². The van der Waals surface area contributed by atoms with Crippen molar-refractivity contribution in [3.8, 4) is 0 Å². The van der Waals surface area contributed by atoms with E-state index < -0.39 is 12.2 Å². The van der Waals surface area contributed by atoms with Gasteiger partial charge in [-0.1, -0.05) is 0 Å². The van der Waals surface area contributed by atoms with Gasteiger partial charge >= 0.3 is 19.9 Å². The molecule has 0 unspecified atom stereocenters. The molecule has 0 atom stereocenters. The van der Waals surface area contributed by atoms with Crippen LogP contribution in [-0.2, 0) is 9.47 Å². The quantitative estimate of drug-likeness (QED) is 0.688. The largest absolute Gasteiger partial charge is 0.466 e. The van der Waals surface area contributed by atoms with Crippen molar-refractivity contribution in [1.29, 1.82) is 0 Å². The minimum Gasteiger partial charge on any atom is -0.444 e. The van der Waals surface area contributed by atoms with Crippen LogP contribution in [0.1, 0.15) is 0 Å². The van der Waals surface area contributed by atoms with Gasteiger partial charge in [0.2, 0.25) is 0 Å². The molecule has 2 heterocycles. The van der Waals surface area contributed by atoms with Gasteiger partial charge in [-0.2, -0.15) is 0 Å². The number of hydrogen-bond donors (Lipinski definition) is 0. The van der Waals surface area contributed by atoms with Crippen LogP contribution in [0.15, 0.2) is 0 Å². The molecule has 0 N–H and O–H groups in total. The lowest BCUT2D eigenvalue weighted by Gasteiger charge is -2.12. The van der Waals surface area contributed by atoms with E-state index in [4.69, 9.17) is 20.7 Å². The van der Waals surface area contributed by atoms with Crippen LogP contribution in [0.4, 0.5) is 9.59 Å². The number of cyclic esters (lactones) is 2. The summed E-state index contributed by atoms with van der Waals surface area (Å²) in [5, 5.41) is 2.53. The Morgan fingerprint density at radius 1 is 1.13 bits per heavy atom. The van der Waals surface area contributed by atoms with Gasteiger partial charge in [0.25, 0.3) is 0 Å². The topological polar surface area (TPSA) is 62.1 Å². The van der Waals surface area contributed by atoms with E-state index in [0.29, 0.717) is 26.3 Å². The maximum Gasteiger partial charge on any atom is 0.466 e. The Morgan fingerprint density at radius 2 is 1.60 bits per heavy atom. The molecule has 0 radical (unpaired) electrons. The van der Waals surface area contributed by atoms with Crippen molar-refractivity contribution in [2.24, 2.45) is 0 Å². The standard InChI is InChI=1S/C6H8ClN3O4P/c7-15-10(8-1-3-13-5(8)11)9-2-4-14-6(9)12/h1-4H2/q+1. The van der Waals surface area contributed by atoms with Crippen LogP contribution < -0.4 is 0 Å². The molecule has 0 spiro atoms. The van der Waals surface area contributed by atoms with E-state index in [-0.39, 0.29) is 7.73 Å². The Balaban J connectivity index is 2.17. The van der Waals surface area contributed by atoms with Crippen molar-refractivity contribution >= 4 is 31.2 Å². The van der Waals surface area contributed by atoms with Gasteiger partial charge in [-0.25, -0.2) is 9.59 Å². The predicted octanol–water partition coefficient (Wildman–Crippen LogP) is 1.02. The van der Waals surface area contributed by atoms with E-state index in [1.54, 1.807) is 0 Å². The highest BCUT2D eigenvalue weighted by Crippen LogP contribution is 2.18. The Bertz CT molecular complexity index is 308. The predicted molar refractivity (Wildman–Crippen MR) is 49.1 cm³/mol. The number of carbonyl (C=O) groups excluding carboxylic acids is 2. The minimum absolute atomic E-state index is 0.236. The Morgan fingerprint density at radius 3 is 1.87 bits per heavy atom. The van der Waals surface area contributed by atoms with E-state index in [0.717, 1.165) is 0 Å². The second-order valence-electron chi connectivity index (χ2n) is 2.82. The first-order chi connectivity index (χ1) is 7.24. The van der Waals surface area contributed by atoms with Crippen LogP contribution in [0.2, 0.25) is 0 Å². The summed E-state index contributed by atoms with van der Waals surface area (Å²) >= 11 is 5.66. The summed E-state index contributed by atoms with van der Waals surface area (Å²) in [7, 11) is 0.236. The lowest BCUT2D eigenvalue weighted by atomic mass is 10.7. The molecular formula is C6H8ClN3O4P+. The average Bonchev–Trinajstić information content (AvgIpc) is 2.80. The zero-order valence-electron chi connectivity index (χ0n) is 7.63. The molecule has 0 aromatic rings. The molecule has 2 saturated heterocycles. The monoisotopic (exact) mass is 252 g/mol. The summed E-state index contributed by atoms with van der Waals surface area (Å²) in [5.41, 5.74) is 0. The molecule has 2 rings (SSSR count). The average molecular weight is 253 g/mol. The number of carbonyl (C=O) groups is 2. The third-order valence-electron chi connectivity index (χ3n) is 1.98. The molecule has 0 aromatic heterocycles. The number of ether oxygens (including phenoxy) is 2. The fourth-order valence-corrected chi connectivity index (χ4v) is 2.29. The first-order valence-electron chi connectivity index (χ1n) is 4.24. The fraction of sp³-hybridized carbons (Fsp3) is 0.667. The van der Waals surface area contributed by atoms with Crippen molar-refractivity contribution in [3.63, 3.8) is 0 Å². The van der Waals surface area contributed by atoms with Gasteiger partial charge in [-0.15, -0.1) is 0 Å². The molecule has 0 aliphatic carbocycles. The normalized spacial score (nSPS) is 20.9. The summed E-state index contributed by atoms with van der Waals surface area (Å²) in [6.45, 7) is 1.35. The molecular weight excluding hydrogens is 245 g/mol. The van der Waals surface area contributed by atoms with Gasteiger partial charge in [0, 0.05) is 11.2 Å². The van der Waals surface area contributed by atoms with E-state index in [1.165, 1.54) is 14.6 Å². The van der Waals surface area contributed by atoms with Crippen molar-refractivity contribution in [2.45, 2.75) is 0 Å². The fourth-order valence-electron chi connectivity index (χ4n) is 1.31. The van der Waals surface area contributed by atoms with E-state index >= 15 is 0 Å². The highest BCUT2D eigenvalue weighted by atomic mass is 35.7. The van der Waals surface area contributed by atoms with Crippen LogP contribution >= 0.6 is 19.0 Å². The Labute approximate surface area is 91.7 Å². The van der Waals surface area contributed by atoms with Crippen LogP contribution in [0.3, 0.4) is 0 Å². The van der Waals surface area contributed by atoms with Crippen molar-refractivity contribution in [2.75, 3.05) is 26.3 Å². The van der Waals surface area contributed by atoms with Gasteiger partial charge in [0.15, 0.2) is 0 Å².